The largest absolute Gasteiger partial charge is 0.459 e. The number of hydrogen-bond acceptors (Lipinski definition) is 3. The highest BCUT2D eigenvalue weighted by Crippen LogP contribution is 2.41. The fourth-order valence-electron chi connectivity index (χ4n) is 1.48. The van der Waals surface area contributed by atoms with Gasteiger partial charge in [-0.25, -0.2) is 4.79 Å². The highest BCUT2D eigenvalue weighted by atomic mass is 19.4. The van der Waals surface area contributed by atoms with E-state index in [0.717, 1.165) is 0 Å². The van der Waals surface area contributed by atoms with E-state index in [-0.39, 0.29) is 6.61 Å². The first-order valence-electron chi connectivity index (χ1n) is 5.84. The van der Waals surface area contributed by atoms with Crippen LogP contribution in [0.15, 0.2) is 30.3 Å². The van der Waals surface area contributed by atoms with Crippen molar-refractivity contribution in [1.29, 1.82) is 0 Å². The number of carbonyl (C=O) groups excluding carboxylic acids is 1. The SMILES string of the molecule is CC(O)(CC(F)(F)C(F)(F)F)C(=O)OCc1ccccc1. The van der Waals surface area contributed by atoms with Gasteiger partial charge >= 0.3 is 18.1 Å². The monoisotopic (exact) mass is 312 g/mol. The van der Waals surface area contributed by atoms with Crippen LogP contribution in [-0.2, 0) is 16.1 Å². The van der Waals surface area contributed by atoms with Gasteiger partial charge in [-0.1, -0.05) is 30.3 Å². The van der Waals surface area contributed by atoms with Crippen LogP contribution in [0.3, 0.4) is 0 Å². The number of rotatable bonds is 5. The van der Waals surface area contributed by atoms with Gasteiger partial charge in [0, 0.05) is 0 Å². The molecule has 3 nitrogen and oxygen atoms in total. The lowest BCUT2D eigenvalue weighted by Crippen LogP contribution is -2.48. The van der Waals surface area contributed by atoms with E-state index in [1.807, 2.05) is 0 Å². The van der Waals surface area contributed by atoms with E-state index in [2.05, 4.69) is 4.74 Å². The van der Waals surface area contributed by atoms with Gasteiger partial charge in [0.05, 0.1) is 6.42 Å². The molecule has 21 heavy (non-hydrogen) atoms. The molecule has 0 amide bonds. The lowest BCUT2D eigenvalue weighted by Gasteiger charge is -2.27. The number of benzene rings is 1. The molecule has 0 bridgehead atoms. The second-order valence-electron chi connectivity index (χ2n) is 4.71. The molecule has 1 aromatic carbocycles. The number of carbonyl (C=O) groups is 1. The van der Waals surface area contributed by atoms with Crippen LogP contribution in [0.5, 0.6) is 0 Å². The van der Waals surface area contributed by atoms with Crippen LogP contribution in [0.2, 0.25) is 0 Å². The maximum atomic E-state index is 12.9. The Bertz CT molecular complexity index is 482. The zero-order valence-corrected chi connectivity index (χ0v) is 11.0. The molecule has 0 aromatic heterocycles. The zero-order valence-electron chi connectivity index (χ0n) is 11.0. The zero-order chi connectivity index (χ0) is 16.3. The average Bonchev–Trinajstić information content (AvgIpc) is 2.34. The molecule has 0 aliphatic carbocycles. The van der Waals surface area contributed by atoms with Crippen molar-refractivity contribution in [2.45, 2.75) is 37.7 Å². The van der Waals surface area contributed by atoms with Crippen molar-refractivity contribution in [2.24, 2.45) is 0 Å². The lowest BCUT2D eigenvalue weighted by atomic mass is 9.97. The molecule has 0 saturated carbocycles. The second-order valence-corrected chi connectivity index (χ2v) is 4.71. The van der Waals surface area contributed by atoms with Gasteiger partial charge in [-0.05, 0) is 12.5 Å². The number of halogens is 5. The standard InChI is InChI=1S/C13H13F5O3/c1-11(20,8-12(14,15)13(16,17)18)10(19)21-7-9-5-3-2-4-6-9/h2-6,20H,7-8H2,1H3. The Morgan fingerprint density at radius 1 is 1.14 bits per heavy atom. The summed E-state index contributed by atoms with van der Waals surface area (Å²) in [6.45, 7) is 0.216. The molecule has 0 aliphatic heterocycles. The van der Waals surface area contributed by atoms with Crippen molar-refractivity contribution in [3.8, 4) is 0 Å². The van der Waals surface area contributed by atoms with E-state index in [1.165, 1.54) is 0 Å². The summed E-state index contributed by atoms with van der Waals surface area (Å²) in [7, 11) is 0. The summed E-state index contributed by atoms with van der Waals surface area (Å²) in [5.74, 6) is -6.74. The Balaban J connectivity index is 2.67. The van der Waals surface area contributed by atoms with Crippen LogP contribution < -0.4 is 0 Å². The van der Waals surface area contributed by atoms with Crippen LogP contribution in [0.1, 0.15) is 18.9 Å². The van der Waals surface area contributed by atoms with Crippen molar-refractivity contribution in [1.82, 2.24) is 0 Å². The minimum atomic E-state index is -5.85. The van der Waals surface area contributed by atoms with Gasteiger partial charge < -0.3 is 9.84 Å². The first-order valence-corrected chi connectivity index (χ1v) is 5.84. The van der Waals surface area contributed by atoms with E-state index in [4.69, 9.17) is 0 Å². The Labute approximate surface area is 117 Å². The highest BCUT2D eigenvalue weighted by molar-refractivity contribution is 5.78. The molecule has 8 heteroatoms. The van der Waals surface area contributed by atoms with Gasteiger partial charge in [0.1, 0.15) is 6.61 Å². The quantitative estimate of drug-likeness (QED) is 0.671. The second kappa shape index (κ2) is 5.97. The number of hydrogen-bond donors (Lipinski definition) is 1. The molecule has 118 valence electrons. The minimum absolute atomic E-state index is 0.340. The Kier molecular flexibility index (Phi) is 4.93. The van der Waals surface area contributed by atoms with Gasteiger partial charge in [-0.15, -0.1) is 0 Å². The average molecular weight is 312 g/mol. The smallest absolute Gasteiger partial charge is 0.453 e. The normalized spacial score (nSPS) is 15.4. The molecule has 0 heterocycles. The molecule has 1 unspecified atom stereocenters. The molecule has 0 saturated heterocycles. The molecule has 1 N–H and O–H groups in total. The maximum Gasteiger partial charge on any atom is 0.453 e. The van der Waals surface area contributed by atoms with Gasteiger partial charge in [-0.2, -0.15) is 22.0 Å². The third-order valence-electron chi connectivity index (χ3n) is 2.63. The summed E-state index contributed by atoms with van der Waals surface area (Å²) in [5, 5.41) is 9.51. The molecule has 1 rings (SSSR count). The number of alkyl halides is 5. The van der Waals surface area contributed by atoms with E-state index in [0.29, 0.717) is 12.5 Å². The summed E-state index contributed by atoms with van der Waals surface area (Å²) in [5.41, 5.74) is -2.45. The molecule has 0 aliphatic rings. The Morgan fingerprint density at radius 2 is 1.67 bits per heavy atom. The maximum absolute atomic E-state index is 12.9. The Morgan fingerprint density at radius 3 is 2.14 bits per heavy atom. The molecule has 1 aromatic rings. The van der Waals surface area contributed by atoms with Gasteiger partial charge in [0.2, 0.25) is 0 Å². The molecule has 0 fully saturated rings. The molecule has 0 radical (unpaired) electrons. The van der Waals surface area contributed by atoms with E-state index < -0.39 is 30.1 Å². The van der Waals surface area contributed by atoms with Gasteiger partial charge in [0.25, 0.3) is 0 Å². The van der Waals surface area contributed by atoms with Crippen molar-refractivity contribution < 1.29 is 36.6 Å². The summed E-state index contributed by atoms with van der Waals surface area (Å²) in [6.07, 6.45) is -7.95. The Hall–Kier alpha value is -1.70. The minimum Gasteiger partial charge on any atom is -0.459 e. The molecular formula is C13H13F5O3. The third kappa shape index (κ3) is 4.66. The first-order chi connectivity index (χ1) is 9.46. The third-order valence-corrected chi connectivity index (χ3v) is 2.63. The van der Waals surface area contributed by atoms with Crippen LogP contribution in [0, 0.1) is 0 Å². The topological polar surface area (TPSA) is 46.5 Å². The molecule has 1 atom stereocenters. The summed E-state index contributed by atoms with van der Waals surface area (Å²) >= 11 is 0. The fraction of sp³-hybridized carbons (Fsp3) is 0.462. The van der Waals surface area contributed by atoms with E-state index in [9.17, 15) is 31.9 Å². The van der Waals surface area contributed by atoms with Crippen LogP contribution in [0.25, 0.3) is 0 Å². The van der Waals surface area contributed by atoms with E-state index >= 15 is 0 Å². The van der Waals surface area contributed by atoms with Crippen LogP contribution >= 0.6 is 0 Å². The molecule has 0 spiro atoms. The summed E-state index contributed by atoms with van der Waals surface area (Å²) in [4.78, 5) is 11.5. The van der Waals surface area contributed by atoms with Crippen LogP contribution in [-0.4, -0.2) is 28.8 Å². The van der Waals surface area contributed by atoms with Gasteiger partial charge in [0.15, 0.2) is 5.60 Å². The lowest BCUT2D eigenvalue weighted by molar-refractivity contribution is -0.295. The van der Waals surface area contributed by atoms with Crippen molar-refractivity contribution >= 4 is 5.97 Å². The predicted molar refractivity (Wildman–Crippen MR) is 62.5 cm³/mol. The summed E-state index contributed by atoms with van der Waals surface area (Å²) < 4.78 is 66.5. The van der Waals surface area contributed by atoms with Crippen LogP contribution in [0.4, 0.5) is 22.0 Å². The summed E-state index contributed by atoms with van der Waals surface area (Å²) in [6, 6.07) is 8.06. The fourth-order valence-corrected chi connectivity index (χ4v) is 1.48. The molecular weight excluding hydrogens is 299 g/mol. The van der Waals surface area contributed by atoms with Crippen molar-refractivity contribution in [3.05, 3.63) is 35.9 Å². The van der Waals surface area contributed by atoms with Gasteiger partial charge in [-0.3, -0.25) is 0 Å². The number of esters is 1. The van der Waals surface area contributed by atoms with Crippen molar-refractivity contribution in [3.63, 3.8) is 0 Å². The number of aliphatic hydroxyl groups is 1. The van der Waals surface area contributed by atoms with E-state index in [1.54, 1.807) is 30.3 Å². The highest BCUT2D eigenvalue weighted by Gasteiger charge is 2.61. The predicted octanol–water partition coefficient (Wildman–Crippen LogP) is 3.07. The number of ether oxygens (including phenoxy) is 1. The first kappa shape index (κ1) is 17.4. The van der Waals surface area contributed by atoms with Crippen molar-refractivity contribution in [2.75, 3.05) is 0 Å².